The Labute approximate surface area is 146 Å². The molecule has 0 aliphatic carbocycles. The zero-order valence-electron chi connectivity index (χ0n) is 14.6. The van der Waals surface area contributed by atoms with Gasteiger partial charge in [-0.15, -0.1) is 0 Å². The molecule has 0 radical (unpaired) electrons. The molecule has 0 saturated heterocycles. The molecule has 9 heteroatoms. The first-order chi connectivity index (χ1) is 11.9. The molecule has 1 heterocycles. The van der Waals surface area contributed by atoms with Crippen molar-refractivity contribution in [3.8, 4) is 11.5 Å². The van der Waals surface area contributed by atoms with Crippen LogP contribution < -0.4 is 9.47 Å². The molecule has 0 saturated carbocycles. The molecule has 8 nitrogen and oxygen atoms in total. The van der Waals surface area contributed by atoms with E-state index in [0.29, 0.717) is 24.6 Å². The fraction of sp³-hybridized carbons (Fsp3) is 0.375. The average Bonchev–Trinajstić information content (AvgIpc) is 3.13. The van der Waals surface area contributed by atoms with Gasteiger partial charge in [0.05, 0.1) is 19.1 Å². The molecule has 136 valence electrons. The predicted molar refractivity (Wildman–Crippen MR) is 90.9 cm³/mol. The van der Waals surface area contributed by atoms with Gasteiger partial charge in [-0.05, 0) is 32.0 Å². The molecular formula is C16H21N3O5S. The van der Waals surface area contributed by atoms with Gasteiger partial charge < -0.3 is 14.4 Å². The molecule has 25 heavy (non-hydrogen) atoms. The van der Waals surface area contributed by atoms with E-state index < -0.39 is 9.84 Å². The summed E-state index contributed by atoms with van der Waals surface area (Å²) < 4.78 is 36.8. The predicted octanol–water partition coefficient (Wildman–Crippen LogP) is 2.04. The van der Waals surface area contributed by atoms with Gasteiger partial charge >= 0.3 is 6.03 Å². The summed E-state index contributed by atoms with van der Waals surface area (Å²) in [6.45, 7) is 4.69. The molecule has 0 bridgehead atoms. The van der Waals surface area contributed by atoms with Gasteiger partial charge in [0.15, 0.2) is 5.03 Å². The number of hydrogen-bond acceptors (Lipinski definition) is 6. The van der Waals surface area contributed by atoms with E-state index in [2.05, 4.69) is 5.10 Å². The third-order valence-corrected chi connectivity index (χ3v) is 5.33. The van der Waals surface area contributed by atoms with E-state index in [4.69, 9.17) is 9.47 Å². The Morgan fingerprint density at radius 1 is 1.12 bits per heavy atom. The van der Waals surface area contributed by atoms with E-state index in [0.717, 1.165) is 4.68 Å². The van der Waals surface area contributed by atoms with Gasteiger partial charge in [-0.1, -0.05) is 0 Å². The van der Waals surface area contributed by atoms with Crippen molar-refractivity contribution in [2.75, 3.05) is 27.3 Å². The number of carbonyl (C=O) groups is 1. The number of nitrogens with zero attached hydrogens (tertiary/aromatic N) is 3. The molecule has 0 aliphatic heterocycles. The van der Waals surface area contributed by atoms with Crippen LogP contribution in [-0.4, -0.2) is 56.4 Å². The summed E-state index contributed by atoms with van der Waals surface area (Å²) in [4.78, 5) is 13.8. The van der Waals surface area contributed by atoms with Gasteiger partial charge in [0, 0.05) is 25.4 Å². The Hall–Kier alpha value is -2.55. The van der Waals surface area contributed by atoms with E-state index in [1.807, 2.05) is 13.8 Å². The normalized spacial score (nSPS) is 11.2. The Morgan fingerprint density at radius 3 is 2.16 bits per heavy atom. The fourth-order valence-electron chi connectivity index (χ4n) is 2.25. The lowest BCUT2D eigenvalue weighted by Crippen LogP contribution is -2.34. The number of amides is 1. The summed E-state index contributed by atoms with van der Waals surface area (Å²) >= 11 is 0. The van der Waals surface area contributed by atoms with Gasteiger partial charge in [-0.3, -0.25) is 0 Å². The van der Waals surface area contributed by atoms with E-state index in [9.17, 15) is 13.2 Å². The topological polar surface area (TPSA) is 90.7 Å². The largest absolute Gasteiger partial charge is 0.497 e. The first-order valence-electron chi connectivity index (χ1n) is 7.70. The lowest BCUT2D eigenvalue weighted by Gasteiger charge is -2.17. The van der Waals surface area contributed by atoms with Crippen LogP contribution in [-0.2, 0) is 9.84 Å². The average molecular weight is 367 g/mol. The Kier molecular flexibility index (Phi) is 5.68. The third kappa shape index (κ3) is 3.76. The minimum atomic E-state index is -3.92. The van der Waals surface area contributed by atoms with Crippen LogP contribution in [0.3, 0.4) is 0 Å². The van der Waals surface area contributed by atoms with Crippen molar-refractivity contribution in [1.29, 1.82) is 0 Å². The quantitative estimate of drug-likeness (QED) is 0.776. The highest BCUT2D eigenvalue weighted by Crippen LogP contribution is 2.28. The molecule has 2 aromatic rings. The monoisotopic (exact) mass is 367 g/mol. The highest BCUT2D eigenvalue weighted by atomic mass is 32.2. The SMILES string of the molecule is CCN(CC)C(=O)n1ccc(S(=O)(=O)c2cc(OC)cc(OC)c2)n1. The molecule has 0 unspecified atom stereocenters. The number of hydrogen-bond donors (Lipinski definition) is 0. The van der Waals surface area contributed by atoms with Crippen LogP contribution in [0.25, 0.3) is 0 Å². The summed E-state index contributed by atoms with van der Waals surface area (Å²) in [5.74, 6) is 0.688. The van der Waals surface area contributed by atoms with Crippen molar-refractivity contribution in [2.45, 2.75) is 23.8 Å². The standard InChI is InChI=1S/C16H21N3O5S/c1-5-18(6-2)16(20)19-8-7-15(17-19)25(21,22)14-10-12(23-3)9-13(11-14)24-4/h7-11H,5-6H2,1-4H3. The molecule has 0 N–H and O–H groups in total. The molecule has 0 spiro atoms. The van der Waals surface area contributed by atoms with Crippen LogP contribution in [0.1, 0.15) is 13.8 Å². The highest BCUT2D eigenvalue weighted by Gasteiger charge is 2.24. The Morgan fingerprint density at radius 2 is 1.68 bits per heavy atom. The smallest absolute Gasteiger partial charge is 0.344 e. The van der Waals surface area contributed by atoms with Gasteiger partial charge in [0.1, 0.15) is 11.5 Å². The van der Waals surface area contributed by atoms with Gasteiger partial charge in [0.25, 0.3) is 0 Å². The molecule has 2 rings (SSSR count). The van der Waals surface area contributed by atoms with Crippen molar-refractivity contribution in [1.82, 2.24) is 14.7 Å². The Balaban J connectivity index is 2.43. The van der Waals surface area contributed by atoms with Crippen molar-refractivity contribution < 1.29 is 22.7 Å². The lowest BCUT2D eigenvalue weighted by molar-refractivity contribution is 0.201. The van der Waals surface area contributed by atoms with Crippen molar-refractivity contribution in [2.24, 2.45) is 0 Å². The van der Waals surface area contributed by atoms with Crippen LogP contribution in [0.4, 0.5) is 4.79 Å². The Bertz CT molecular complexity index is 834. The number of methoxy groups -OCH3 is 2. The molecule has 1 aromatic heterocycles. The second kappa shape index (κ2) is 7.56. The van der Waals surface area contributed by atoms with Crippen molar-refractivity contribution in [3.05, 3.63) is 30.5 Å². The van der Waals surface area contributed by atoms with E-state index in [1.165, 1.54) is 43.5 Å². The maximum Gasteiger partial charge on any atom is 0.344 e. The summed E-state index contributed by atoms with van der Waals surface area (Å²) in [6.07, 6.45) is 1.34. The van der Waals surface area contributed by atoms with E-state index >= 15 is 0 Å². The van der Waals surface area contributed by atoms with Crippen LogP contribution in [0.2, 0.25) is 0 Å². The highest BCUT2D eigenvalue weighted by molar-refractivity contribution is 7.91. The second-order valence-electron chi connectivity index (χ2n) is 5.11. The molecule has 0 fully saturated rings. The molecule has 1 aromatic carbocycles. The van der Waals surface area contributed by atoms with E-state index in [-0.39, 0.29) is 16.0 Å². The molecule has 0 atom stereocenters. The maximum atomic E-state index is 12.8. The number of benzene rings is 1. The zero-order valence-corrected chi connectivity index (χ0v) is 15.4. The van der Waals surface area contributed by atoms with Crippen LogP contribution in [0, 0.1) is 0 Å². The van der Waals surface area contributed by atoms with E-state index in [1.54, 1.807) is 6.07 Å². The summed E-state index contributed by atoms with van der Waals surface area (Å²) in [6, 6.07) is 5.24. The second-order valence-corrected chi connectivity index (χ2v) is 7.00. The summed E-state index contributed by atoms with van der Waals surface area (Å²) in [7, 11) is -1.05. The molecular weight excluding hydrogens is 346 g/mol. The fourth-order valence-corrected chi connectivity index (χ4v) is 3.47. The summed E-state index contributed by atoms with van der Waals surface area (Å²) in [5, 5.41) is 3.72. The van der Waals surface area contributed by atoms with Gasteiger partial charge in [0.2, 0.25) is 9.84 Å². The molecule has 0 aliphatic rings. The third-order valence-electron chi connectivity index (χ3n) is 3.71. The number of carbonyl (C=O) groups excluding carboxylic acids is 1. The summed E-state index contributed by atoms with van der Waals surface area (Å²) in [5.41, 5.74) is 0. The van der Waals surface area contributed by atoms with Crippen molar-refractivity contribution in [3.63, 3.8) is 0 Å². The number of rotatable bonds is 6. The first kappa shape index (κ1) is 18.8. The minimum Gasteiger partial charge on any atom is -0.497 e. The van der Waals surface area contributed by atoms with Crippen LogP contribution in [0.5, 0.6) is 11.5 Å². The maximum absolute atomic E-state index is 12.8. The first-order valence-corrected chi connectivity index (χ1v) is 9.18. The minimum absolute atomic E-state index is 0.0239. The zero-order chi connectivity index (χ0) is 18.6. The van der Waals surface area contributed by atoms with Gasteiger partial charge in [-0.25, -0.2) is 13.2 Å². The molecule has 1 amide bonds. The number of ether oxygens (including phenoxy) is 2. The lowest BCUT2D eigenvalue weighted by atomic mass is 10.3. The van der Waals surface area contributed by atoms with Crippen molar-refractivity contribution >= 4 is 15.9 Å². The van der Waals surface area contributed by atoms with Gasteiger partial charge in [-0.2, -0.15) is 9.78 Å². The van der Waals surface area contributed by atoms with Crippen LogP contribution >= 0.6 is 0 Å². The van der Waals surface area contributed by atoms with Crippen LogP contribution in [0.15, 0.2) is 40.4 Å². The number of sulfone groups is 1. The number of aromatic nitrogens is 2.